The second-order valence-electron chi connectivity index (χ2n) is 15.7. The predicted molar refractivity (Wildman–Crippen MR) is 225 cm³/mol. The van der Waals surface area contributed by atoms with Gasteiger partial charge >= 0.3 is 7.69 Å². The molecule has 4 heterocycles. The number of imide groups is 1. The first-order chi connectivity index (χ1) is 27.9. The molecule has 8 rings (SSSR count). The van der Waals surface area contributed by atoms with Gasteiger partial charge in [-0.25, -0.2) is 0 Å². The van der Waals surface area contributed by atoms with E-state index in [4.69, 9.17) is 9.68 Å². The van der Waals surface area contributed by atoms with Crippen LogP contribution in [0.1, 0.15) is 78.1 Å². The van der Waals surface area contributed by atoms with Crippen LogP contribution in [0.2, 0.25) is 0 Å². The average molecular weight is 765 g/mol. The lowest BCUT2D eigenvalue weighted by molar-refractivity contribution is -0.136. The molecule has 4 aromatic carbocycles. The molecule has 0 aromatic heterocycles. The molecule has 3 fully saturated rings. The molecular weight excluding hydrogens is 713 g/mol. The van der Waals surface area contributed by atoms with Gasteiger partial charge in [0.15, 0.2) is 0 Å². The second kappa shape index (κ2) is 17.4. The number of nitrogens with zero attached hydrogens (tertiary/aromatic N) is 4. The second-order valence-corrected chi connectivity index (χ2v) is 15.7. The summed E-state index contributed by atoms with van der Waals surface area (Å²) in [6.07, 6.45) is 5.05. The number of nitrogens with one attached hydrogen (secondary N) is 1. The highest BCUT2D eigenvalue weighted by Crippen LogP contribution is 2.37. The summed E-state index contributed by atoms with van der Waals surface area (Å²) in [7, 11) is 0.711. The molecule has 0 bridgehead atoms. The Kier molecular flexibility index (Phi) is 11.8. The molecule has 3 amide bonds. The number of hydrogen-bond donors (Lipinski definition) is 2. The van der Waals surface area contributed by atoms with Crippen LogP contribution in [0.15, 0.2) is 97.1 Å². The standard InChI is InChI=1S/C46H51BN5O5/c1-2-40(33-6-4-3-5-7-33)44(35-10-15-39(16-11-35)57-47-56)34-8-12-37(13-9-34)51-28-26-49(27-29-51)23-20-32-21-24-50(25-22-32)38-14-17-41-36(30-38)31-52(46(41)55)42-18-19-43(53)48-45(42)54/h3-17,30,32,42,56H,2,18-29,31H2,1H3,(H,48,53,54)/b44-40-. The molecule has 57 heavy (non-hydrogen) atoms. The Balaban J connectivity index is 0.829. The van der Waals surface area contributed by atoms with Crippen LogP contribution in [0, 0.1) is 5.92 Å². The summed E-state index contributed by atoms with van der Waals surface area (Å²) in [6, 6.07) is 33.0. The van der Waals surface area contributed by atoms with E-state index in [-0.39, 0.29) is 24.1 Å². The topological polar surface area (TPSA) is 106 Å². The normalized spacial score (nSPS) is 19.6. The summed E-state index contributed by atoms with van der Waals surface area (Å²) < 4.78 is 5.19. The van der Waals surface area contributed by atoms with Crippen molar-refractivity contribution in [1.29, 1.82) is 0 Å². The van der Waals surface area contributed by atoms with Crippen LogP contribution >= 0.6 is 0 Å². The first-order valence-electron chi connectivity index (χ1n) is 20.5. The van der Waals surface area contributed by atoms with Crippen LogP contribution in [0.5, 0.6) is 5.75 Å². The van der Waals surface area contributed by atoms with Gasteiger partial charge in [-0.1, -0.05) is 61.5 Å². The van der Waals surface area contributed by atoms with E-state index < -0.39 is 6.04 Å². The zero-order valence-electron chi connectivity index (χ0n) is 32.7. The summed E-state index contributed by atoms with van der Waals surface area (Å²) in [6.45, 7) is 9.89. The quantitative estimate of drug-likeness (QED) is 0.101. The maximum Gasteiger partial charge on any atom is 0.569 e. The molecule has 2 N–H and O–H groups in total. The molecule has 0 aliphatic carbocycles. The molecule has 11 heteroatoms. The summed E-state index contributed by atoms with van der Waals surface area (Å²) in [5.74, 6) is 0.533. The maximum absolute atomic E-state index is 13.2. The van der Waals surface area contributed by atoms with Gasteiger partial charge in [0, 0.05) is 69.2 Å². The van der Waals surface area contributed by atoms with Crippen molar-refractivity contribution in [3.63, 3.8) is 0 Å². The van der Waals surface area contributed by atoms with Gasteiger partial charge in [-0.3, -0.25) is 24.6 Å². The molecule has 10 nitrogen and oxygen atoms in total. The molecule has 1 unspecified atom stereocenters. The summed E-state index contributed by atoms with van der Waals surface area (Å²) >= 11 is 0. The highest BCUT2D eigenvalue weighted by Gasteiger charge is 2.39. The van der Waals surface area contributed by atoms with Gasteiger partial charge in [-0.05, 0) is 120 Å². The van der Waals surface area contributed by atoms with Gasteiger partial charge in [-0.15, -0.1) is 0 Å². The van der Waals surface area contributed by atoms with Gasteiger partial charge < -0.3 is 24.4 Å². The fraction of sp³-hybridized carbons (Fsp3) is 0.370. The molecule has 0 saturated carbocycles. The van der Waals surface area contributed by atoms with Crippen LogP contribution in [0.4, 0.5) is 11.4 Å². The number of piperidine rings is 2. The minimum atomic E-state index is -0.586. The van der Waals surface area contributed by atoms with E-state index in [2.05, 4.69) is 106 Å². The van der Waals surface area contributed by atoms with Crippen molar-refractivity contribution in [3.05, 3.63) is 125 Å². The lowest BCUT2D eigenvalue weighted by Crippen LogP contribution is -2.52. The smallest absolute Gasteiger partial charge is 0.537 e. The third-order valence-corrected chi connectivity index (χ3v) is 12.3. The highest BCUT2D eigenvalue weighted by molar-refractivity contribution is 6.17. The number of carbonyl (C=O) groups excluding carboxylic acids is 3. The van der Waals surface area contributed by atoms with Gasteiger partial charge in [-0.2, -0.15) is 0 Å². The monoisotopic (exact) mass is 764 g/mol. The average Bonchev–Trinajstić information content (AvgIpc) is 3.58. The number of rotatable bonds is 12. The number of allylic oxidation sites excluding steroid dienone is 1. The zero-order valence-corrected chi connectivity index (χ0v) is 32.7. The molecule has 293 valence electrons. The van der Waals surface area contributed by atoms with Crippen LogP contribution in [-0.2, 0) is 16.1 Å². The number of hydrogen-bond acceptors (Lipinski definition) is 8. The number of piperazine rings is 1. The molecule has 4 aromatic rings. The van der Waals surface area contributed by atoms with Crippen molar-refractivity contribution in [3.8, 4) is 5.75 Å². The van der Waals surface area contributed by atoms with E-state index >= 15 is 0 Å². The number of benzene rings is 4. The van der Waals surface area contributed by atoms with Crippen LogP contribution in [-0.4, -0.2) is 92.1 Å². The lowest BCUT2D eigenvalue weighted by atomic mass is 9.88. The maximum atomic E-state index is 13.2. The lowest BCUT2D eigenvalue weighted by Gasteiger charge is -2.38. The molecule has 3 saturated heterocycles. The first-order valence-corrected chi connectivity index (χ1v) is 20.5. The van der Waals surface area contributed by atoms with E-state index in [1.165, 1.54) is 34.4 Å². The van der Waals surface area contributed by atoms with Crippen molar-refractivity contribution in [1.82, 2.24) is 15.1 Å². The fourth-order valence-corrected chi connectivity index (χ4v) is 9.11. The zero-order chi connectivity index (χ0) is 39.3. The fourth-order valence-electron chi connectivity index (χ4n) is 9.11. The van der Waals surface area contributed by atoms with E-state index in [0.717, 1.165) is 81.9 Å². The van der Waals surface area contributed by atoms with E-state index in [9.17, 15) is 14.4 Å². The van der Waals surface area contributed by atoms with Crippen molar-refractivity contribution < 1.29 is 24.1 Å². The molecule has 4 aliphatic rings. The summed E-state index contributed by atoms with van der Waals surface area (Å²) in [5.41, 5.74) is 10.0. The van der Waals surface area contributed by atoms with E-state index in [1.807, 2.05) is 18.2 Å². The Morgan fingerprint density at radius 1 is 0.772 bits per heavy atom. The summed E-state index contributed by atoms with van der Waals surface area (Å²) in [5, 5.41) is 11.5. The van der Waals surface area contributed by atoms with Gasteiger partial charge in [0.25, 0.3) is 5.91 Å². The SMILES string of the molecule is CC/C(=C(/c1ccc(O[B]O)cc1)c1ccc(N2CCN(CCC3CCN(c4ccc5c(c4)CN(C4CCC(=O)NC4=O)C5=O)CC3)CC2)cc1)c1ccccc1. The minimum absolute atomic E-state index is 0.121. The molecule has 4 aliphatic heterocycles. The van der Waals surface area contributed by atoms with Crippen molar-refractivity contribution >= 4 is 47.9 Å². The molecule has 0 spiro atoms. The number of anilines is 2. The Hall–Kier alpha value is -5.39. The Bertz CT molecular complexity index is 2090. The van der Waals surface area contributed by atoms with Gasteiger partial charge in [0.2, 0.25) is 11.8 Å². The van der Waals surface area contributed by atoms with Gasteiger partial charge in [0.1, 0.15) is 11.8 Å². The van der Waals surface area contributed by atoms with E-state index in [1.54, 1.807) is 4.90 Å². The van der Waals surface area contributed by atoms with Crippen molar-refractivity contribution in [2.45, 2.75) is 58.0 Å². The van der Waals surface area contributed by atoms with Crippen LogP contribution < -0.4 is 19.8 Å². The Morgan fingerprint density at radius 3 is 2.11 bits per heavy atom. The molecule has 1 atom stereocenters. The Morgan fingerprint density at radius 2 is 1.44 bits per heavy atom. The molecular formula is C46H51BN5O5. The number of carbonyl (C=O) groups is 3. The number of amides is 3. The highest BCUT2D eigenvalue weighted by atomic mass is 16.5. The third-order valence-electron chi connectivity index (χ3n) is 12.3. The minimum Gasteiger partial charge on any atom is -0.537 e. The van der Waals surface area contributed by atoms with Crippen LogP contribution in [0.3, 0.4) is 0 Å². The third kappa shape index (κ3) is 8.50. The largest absolute Gasteiger partial charge is 0.569 e. The number of fused-ring (bicyclic) bond motifs is 1. The first kappa shape index (κ1) is 38.5. The van der Waals surface area contributed by atoms with Gasteiger partial charge in [0.05, 0.1) is 0 Å². The molecule has 1 radical (unpaired) electrons. The predicted octanol–water partition coefficient (Wildman–Crippen LogP) is 6.15. The Labute approximate surface area is 336 Å². The summed E-state index contributed by atoms with van der Waals surface area (Å²) in [4.78, 5) is 46.4. The van der Waals surface area contributed by atoms with Crippen molar-refractivity contribution in [2.75, 3.05) is 55.6 Å². The van der Waals surface area contributed by atoms with Crippen molar-refractivity contribution in [2.24, 2.45) is 5.92 Å². The van der Waals surface area contributed by atoms with Crippen LogP contribution in [0.25, 0.3) is 11.1 Å². The van der Waals surface area contributed by atoms with E-state index in [0.29, 0.717) is 37.9 Å².